The predicted octanol–water partition coefficient (Wildman–Crippen LogP) is 1.76. The number of esters is 1. The molecular formula is C10H12FNO2. The van der Waals surface area contributed by atoms with Gasteiger partial charge in [-0.25, -0.2) is 9.18 Å². The number of halogens is 1. The van der Waals surface area contributed by atoms with Crippen LogP contribution in [0.1, 0.15) is 22.8 Å². The van der Waals surface area contributed by atoms with E-state index in [1.54, 1.807) is 0 Å². The summed E-state index contributed by atoms with van der Waals surface area (Å²) >= 11 is 0. The van der Waals surface area contributed by atoms with Gasteiger partial charge >= 0.3 is 5.97 Å². The van der Waals surface area contributed by atoms with Crippen molar-refractivity contribution < 1.29 is 13.9 Å². The van der Waals surface area contributed by atoms with Crippen LogP contribution in [0.25, 0.3) is 0 Å². The highest BCUT2D eigenvalue weighted by Gasteiger charge is 2.15. The van der Waals surface area contributed by atoms with Crippen LogP contribution < -0.4 is 5.73 Å². The molecule has 4 heteroatoms. The first kappa shape index (κ1) is 10.5. The minimum atomic E-state index is -0.714. The lowest BCUT2D eigenvalue weighted by atomic mass is 10.1. The third-order valence-corrected chi connectivity index (χ3v) is 1.97. The highest BCUT2D eigenvalue weighted by molar-refractivity contribution is 5.91. The summed E-state index contributed by atoms with van der Waals surface area (Å²) < 4.78 is 17.8. The van der Waals surface area contributed by atoms with E-state index < -0.39 is 11.8 Å². The smallest absolute Gasteiger partial charge is 0.340 e. The molecule has 0 atom stereocenters. The number of anilines is 1. The summed E-state index contributed by atoms with van der Waals surface area (Å²) in [6.45, 7) is 1.90. The summed E-state index contributed by atoms with van der Waals surface area (Å²) in [6.07, 6.45) is 0.689. The first-order valence-electron chi connectivity index (χ1n) is 4.26. The zero-order valence-electron chi connectivity index (χ0n) is 8.13. The molecule has 1 rings (SSSR count). The summed E-state index contributed by atoms with van der Waals surface area (Å²) in [5, 5.41) is 0. The summed E-state index contributed by atoms with van der Waals surface area (Å²) in [5.74, 6) is -1.42. The van der Waals surface area contributed by atoms with E-state index in [2.05, 4.69) is 4.74 Å². The van der Waals surface area contributed by atoms with E-state index in [4.69, 9.17) is 5.73 Å². The van der Waals surface area contributed by atoms with Crippen molar-refractivity contribution in [3.63, 3.8) is 0 Å². The van der Waals surface area contributed by atoms with E-state index in [1.165, 1.54) is 19.2 Å². The van der Waals surface area contributed by atoms with E-state index in [9.17, 15) is 9.18 Å². The van der Waals surface area contributed by atoms with Crippen molar-refractivity contribution in [2.45, 2.75) is 13.3 Å². The van der Waals surface area contributed by atoms with Crippen molar-refractivity contribution in [1.82, 2.24) is 0 Å². The van der Waals surface area contributed by atoms with E-state index >= 15 is 0 Å². The first-order chi connectivity index (χ1) is 6.60. The number of hydrogen-bond donors (Lipinski definition) is 1. The lowest BCUT2D eigenvalue weighted by Crippen LogP contribution is -2.07. The molecule has 0 aliphatic carbocycles. The minimum absolute atomic E-state index is 0.0234. The molecule has 0 fully saturated rings. The van der Waals surface area contributed by atoms with Gasteiger partial charge < -0.3 is 10.5 Å². The molecule has 0 aliphatic heterocycles. The molecule has 0 amide bonds. The number of carbonyl (C=O) groups excluding carboxylic acids is 1. The Morgan fingerprint density at radius 1 is 1.57 bits per heavy atom. The molecular weight excluding hydrogens is 185 g/mol. The molecule has 3 nitrogen and oxygen atoms in total. The van der Waals surface area contributed by atoms with Gasteiger partial charge in [0.1, 0.15) is 0 Å². The minimum Gasteiger partial charge on any atom is -0.465 e. The summed E-state index contributed by atoms with van der Waals surface area (Å²) in [7, 11) is 1.20. The van der Waals surface area contributed by atoms with Crippen molar-refractivity contribution in [2.24, 2.45) is 0 Å². The Morgan fingerprint density at radius 2 is 2.21 bits per heavy atom. The van der Waals surface area contributed by atoms with Crippen LogP contribution in [-0.4, -0.2) is 13.1 Å². The lowest BCUT2D eigenvalue weighted by Gasteiger charge is -2.06. The number of aryl methyl sites for hydroxylation is 1. The van der Waals surface area contributed by atoms with Crippen LogP contribution in [0.15, 0.2) is 12.1 Å². The number of rotatable bonds is 2. The van der Waals surface area contributed by atoms with Crippen LogP contribution in [0.3, 0.4) is 0 Å². The van der Waals surface area contributed by atoms with Crippen LogP contribution in [0.4, 0.5) is 10.1 Å². The first-order valence-corrected chi connectivity index (χ1v) is 4.26. The van der Waals surface area contributed by atoms with Gasteiger partial charge in [-0.3, -0.25) is 0 Å². The zero-order chi connectivity index (χ0) is 10.7. The molecule has 0 bridgehead atoms. The second-order valence-electron chi connectivity index (χ2n) is 2.89. The van der Waals surface area contributed by atoms with Crippen LogP contribution in [0.5, 0.6) is 0 Å². The molecule has 0 aromatic heterocycles. The van der Waals surface area contributed by atoms with Gasteiger partial charge in [0.25, 0.3) is 0 Å². The van der Waals surface area contributed by atoms with Crippen LogP contribution in [0, 0.1) is 5.82 Å². The Kier molecular flexibility index (Phi) is 3.06. The molecule has 76 valence electrons. The van der Waals surface area contributed by atoms with Gasteiger partial charge in [0.15, 0.2) is 5.82 Å². The lowest BCUT2D eigenvalue weighted by molar-refractivity contribution is 0.0595. The Hall–Kier alpha value is -1.58. The number of benzene rings is 1. The van der Waals surface area contributed by atoms with Crippen LogP contribution >= 0.6 is 0 Å². The standard InChI is InChI=1S/C10H12FNO2/c1-3-6-4-7(10(13)14-2)9(11)8(12)5-6/h4-5H,3,12H2,1-2H3. The quantitative estimate of drug-likeness (QED) is 0.580. The van der Waals surface area contributed by atoms with E-state index in [0.29, 0.717) is 6.42 Å². The van der Waals surface area contributed by atoms with E-state index in [0.717, 1.165) is 5.56 Å². The number of ether oxygens (including phenoxy) is 1. The van der Waals surface area contributed by atoms with Gasteiger partial charge in [0.2, 0.25) is 0 Å². The Bertz CT molecular complexity index is 363. The van der Waals surface area contributed by atoms with Crippen LogP contribution in [-0.2, 0) is 11.2 Å². The zero-order valence-corrected chi connectivity index (χ0v) is 8.13. The molecule has 0 saturated carbocycles. The number of methoxy groups -OCH3 is 1. The number of nitrogens with two attached hydrogens (primary N) is 1. The molecule has 14 heavy (non-hydrogen) atoms. The van der Waals surface area contributed by atoms with Gasteiger partial charge in [-0.1, -0.05) is 6.92 Å². The maximum absolute atomic E-state index is 13.3. The summed E-state index contributed by atoms with van der Waals surface area (Å²) in [4.78, 5) is 11.1. The number of hydrogen-bond acceptors (Lipinski definition) is 3. The molecule has 0 aliphatic rings. The van der Waals surface area contributed by atoms with Crippen molar-refractivity contribution in [3.8, 4) is 0 Å². The highest BCUT2D eigenvalue weighted by atomic mass is 19.1. The molecule has 0 radical (unpaired) electrons. The van der Waals surface area contributed by atoms with E-state index in [-0.39, 0.29) is 11.3 Å². The Morgan fingerprint density at radius 3 is 2.71 bits per heavy atom. The largest absolute Gasteiger partial charge is 0.465 e. The summed E-state index contributed by atoms with van der Waals surface area (Å²) in [5.41, 5.74) is 6.09. The Balaban J connectivity index is 3.27. The van der Waals surface area contributed by atoms with Gasteiger partial charge in [0, 0.05) is 0 Å². The molecule has 0 saturated heterocycles. The van der Waals surface area contributed by atoms with Crippen molar-refractivity contribution >= 4 is 11.7 Å². The average Bonchev–Trinajstić information content (AvgIpc) is 2.20. The van der Waals surface area contributed by atoms with Gasteiger partial charge in [-0.2, -0.15) is 0 Å². The van der Waals surface area contributed by atoms with Gasteiger partial charge in [0.05, 0.1) is 18.4 Å². The SMILES string of the molecule is CCc1cc(N)c(F)c(C(=O)OC)c1. The third-order valence-electron chi connectivity index (χ3n) is 1.97. The Labute approximate surface area is 81.7 Å². The molecule has 2 N–H and O–H groups in total. The van der Waals surface area contributed by atoms with Gasteiger partial charge in [-0.05, 0) is 24.1 Å². The maximum Gasteiger partial charge on any atom is 0.340 e. The third kappa shape index (κ3) is 1.84. The summed E-state index contributed by atoms with van der Waals surface area (Å²) in [6, 6.07) is 2.97. The van der Waals surface area contributed by atoms with Gasteiger partial charge in [-0.15, -0.1) is 0 Å². The van der Waals surface area contributed by atoms with Crippen molar-refractivity contribution in [3.05, 3.63) is 29.1 Å². The highest BCUT2D eigenvalue weighted by Crippen LogP contribution is 2.19. The molecule has 0 heterocycles. The molecule has 1 aromatic rings. The maximum atomic E-state index is 13.3. The molecule has 0 spiro atoms. The topological polar surface area (TPSA) is 52.3 Å². The fourth-order valence-electron chi connectivity index (χ4n) is 1.17. The number of nitrogen functional groups attached to an aromatic ring is 1. The molecule has 1 aromatic carbocycles. The monoisotopic (exact) mass is 197 g/mol. The second-order valence-corrected chi connectivity index (χ2v) is 2.89. The van der Waals surface area contributed by atoms with Crippen molar-refractivity contribution in [1.29, 1.82) is 0 Å². The number of carbonyl (C=O) groups is 1. The normalized spacial score (nSPS) is 9.93. The average molecular weight is 197 g/mol. The predicted molar refractivity (Wildman–Crippen MR) is 51.5 cm³/mol. The second kappa shape index (κ2) is 4.09. The molecule has 0 unspecified atom stereocenters. The fraction of sp³-hybridized carbons (Fsp3) is 0.300. The van der Waals surface area contributed by atoms with Crippen LogP contribution in [0.2, 0.25) is 0 Å². The fourth-order valence-corrected chi connectivity index (χ4v) is 1.17. The van der Waals surface area contributed by atoms with E-state index in [1.807, 2.05) is 6.92 Å². The van der Waals surface area contributed by atoms with Crippen molar-refractivity contribution in [2.75, 3.05) is 12.8 Å².